The third-order valence-electron chi connectivity index (χ3n) is 4.11. The Morgan fingerprint density at radius 1 is 1.22 bits per heavy atom. The molecule has 2 aromatic heterocycles. The van der Waals surface area contributed by atoms with E-state index in [4.69, 9.17) is 5.73 Å². The summed E-state index contributed by atoms with van der Waals surface area (Å²) in [7, 11) is 0. The number of hydrogen-bond donors (Lipinski definition) is 5. The van der Waals surface area contributed by atoms with Crippen LogP contribution in [0.2, 0.25) is 0 Å². The molecule has 23 heavy (non-hydrogen) atoms. The summed E-state index contributed by atoms with van der Waals surface area (Å²) in [6.45, 7) is -0.185. The van der Waals surface area contributed by atoms with E-state index in [1.807, 2.05) is 12.1 Å². The second-order valence-corrected chi connectivity index (χ2v) is 5.62. The molecule has 2 heterocycles. The van der Waals surface area contributed by atoms with Crippen molar-refractivity contribution in [3.05, 3.63) is 30.6 Å². The maximum absolute atomic E-state index is 10.1. The van der Waals surface area contributed by atoms with Crippen LogP contribution >= 0.6 is 0 Å². The highest BCUT2D eigenvalue weighted by atomic mass is 16.3. The zero-order chi connectivity index (χ0) is 16.4. The van der Waals surface area contributed by atoms with Gasteiger partial charge in [-0.1, -0.05) is 6.07 Å². The van der Waals surface area contributed by atoms with Crippen LogP contribution in [-0.4, -0.2) is 55.1 Å². The monoisotopic (exact) mass is 317 g/mol. The summed E-state index contributed by atoms with van der Waals surface area (Å²) in [5.41, 5.74) is 6.98. The maximum atomic E-state index is 10.1. The van der Waals surface area contributed by atoms with E-state index >= 15 is 0 Å². The second kappa shape index (κ2) is 6.45. The van der Waals surface area contributed by atoms with Crippen molar-refractivity contribution in [2.45, 2.75) is 24.7 Å². The largest absolute Gasteiger partial charge is 0.396 e. The van der Waals surface area contributed by atoms with Crippen molar-refractivity contribution >= 4 is 11.8 Å². The Balaban J connectivity index is 1.90. The van der Waals surface area contributed by atoms with E-state index in [-0.39, 0.29) is 18.5 Å². The minimum atomic E-state index is -1.00. The van der Waals surface area contributed by atoms with Crippen LogP contribution in [0, 0.1) is 5.92 Å². The summed E-state index contributed by atoms with van der Waals surface area (Å²) in [5, 5.41) is 32.4. The van der Waals surface area contributed by atoms with Crippen molar-refractivity contribution in [1.29, 1.82) is 0 Å². The summed E-state index contributed by atoms with van der Waals surface area (Å²) in [6.07, 6.45) is 1.67. The lowest BCUT2D eigenvalue weighted by Crippen LogP contribution is -2.35. The average Bonchev–Trinajstić information content (AvgIpc) is 2.84. The van der Waals surface area contributed by atoms with Crippen LogP contribution < -0.4 is 11.1 Å². The Bertz CT molecular complexity index is 669. The van der Waals surface area contributed by atoms with Crippen molar-refractivity contribution in [3.8, 4) is 11.3 Å². The average molecular weight is 317 g/mol. The van der Waals surface area contributed by atoms with Gasteiger partial charge in [-0.15, -0.1) is 0 Å². The molecule has 4 unspecified atom stereocenters. The molecule has 4 atom stereocenters. The van der Waals surface area contributed by atoms with Gasteiger partial charge >= 0.3 is 0 Å². The van der Waals surface area contributed by atoms with Crippen molar-refractivity contribution < 1.29 is 15.3 Å². The molecule has 0 bridgehead atoms. The first-order valence-electron chi connectivity index (χ1n) is 7.37. The van der Waals surface area contributed by atoms with E-state index in [0.29, 0.717) is 23.5 Å². The number of nitrogens with zero attached hydrogens (tertiary/aromatic N) is 3. The Morgan fingerprint density at radius 3 is 2.70 bits per heavy atom. The quantitative estimate of drug-likeness (QED) is 0.515. The maximum Gasteiger partial charge on any atom is 0.221 e. The molecule has 0 aliphatic heterocycles. The third-order valence-corrected chi connectivity index (χ3v) is 4.11. The predicted molar refractivity (Wildman–Crippen MR) is 84.3 cm³/mol. The molecule has 1 fully saturated rings. The van der Waals surface area contributed by atoms with Gasteiger partial charge in [-0.2, -0.15) is 4.98 Å². The molecule has 1 aliphatic carbocycles. The van der Waals surface area contributed by atoms with Crippen LogP contribution in [0.4, 0.5) is 11.8 Å². The van der Waals surface area contributed by atoms with Gasteiger partial charge in [0.25, 0.3) is 0 Å². The number of pyridine rings is 1. The summed E-state index contributed by atoms with van der Waals surface area (Å²) in [6, 6.07) is 5.02. The molecule has 0 aromatic carbocycles. The lowest BCUT2D eigenvalue weighted by atomic mass is 10.1. The number of nitrogen functional groups attached to an aromatic ring is 1. The van der Waals surface area contributed by atoms with Gasteiger partial charge in [0.05, 0.1) is 23.4 Å². The molecule has 0 spiro atoms. The van der Waals surface area contributed by atoms with E-state index in [2.05, 4.69) is 20.3 Å². The number of nitrogens with two attached hydrogens (primary N) is 1. The summed E-state index contributed by atoms with van der Waals surface area (Å²) in [4.78, 5) is 12.4. The first-order valence-corrected chi connectivity index (χ1v) is 7.37. The molecule has 1 aliphatic rings. The fourth-order valence-corrected chi connectivity index (χ4v) is 2.84. The highest BCUT2D eigenvalue weighted by Crippen LogP contribution is 2.31. The number of hydrogen-bond acceptors (Lipinski definition) is 8. The molecule has 1 saturated carbocycles. The van der Waals surface area contributed by atoms with Gasteiger partial charge in [-0.05, 0) is 18.6 Å². The molecule has 3 rings (SSSR count). The summed E-state index contributed by atoms with van der Waals surface area (Å²) < 4.78 is 0. The summed E-state index contributed by atoms with van der Waals surface area (Å²) in [5.74, 6) is 0.157. The van der Waals surface area contributed by atoms with Crippen LogP contribution in [0.3, 0.4) is 0 Å². The molecule has 2 aromatic rings. The highest BCUT2D eigenvalue weighted by molar-refractivity contribution is 5.72. The SMILES string of the molecule is Nc1ncc(-c2ccccn2)c(NC2CC(CO)C(O)C2O)n1. The van der Waals surface area contributed by atoms with Crippen molar-refractivity contribution in [1.82, 2.24) is 15.0 Å². The van der Waals surface area contributed by atoms with Crippen molar-refractivity contribution in [2.24, 2.45) is 5.92 Å². The first-order chi connectivity index (χ1) is 11.1. The Hall–Kier alpha value is -2.29. The number of aromatic nitrogens is 3. The number of aliphatic hydroxyl groups excluding tert-OH is 3. The molecule has 8 heteroatoms. The van der Waals surface area contributed by atoms with Gasteiger partial charge in [-0.3, -0.25) is 4.98 Å². The standard InChI is InChI=1S/C15H19N5O3/c16-15-18-6-9(10-3-1-2-4-17-10)14(20-15)19-11-5-8(7-21)12(22)13(11)23/h1-4,6,8,11-13,21-23H,5,7H2,(H3,16,18,19,20). The van der Waals surface area contributed by atoms with Gasteiger partial charge in [-0.25, -0.2) is 4.98 Å². The lowest BCUT2D eigenvalue weighted by Gasteiger charge is -2.20. The Morgan fingerprint density at radius 2 is 2.04 bits per heavy atom. The van der Waals surface area contributed by atoms with Crippen LogP contribution in [-0.2, 0) is 0 Å². The number of aliphatic hydroxyl groups is 3. The zero-order valence-corrected chi connectivity index (χ0v) is 12.4. The molecule has 8 nitrogen and oxygen atoms in total. The van der Waals surface area contributed by atoms with Crippen molar-refractivity contribution in [3.63, 3.8) is 0 Å². The fourth-order valence-electron chi connectivity index (χ4n) is 2.84. The van der Waals surface area contributed by atoms with Crippen LogP contribution in [0.5, 0.6) is 0 Å². The molecular weight excluding hydrogens is 298 g/mol. The highest BCUT2D eigenvalue weighted by Gasteiger charge is 2.41. The van der Waals surface area contributed by atoms with Crippen LogP contribution in [0.25, 0.3) is 11.3 Å². The number of rotatable bonds is 4. The predicted octanol–water partition coefficient (Wildman–Crippen LogP) is -0.365. The minimum Gasteiger partial charge on any atom is -0.396 e. The normalized spacial score (nSPS) is 27.1. The Labute approximate surface area is 133 Å². The topological polar surface area (TPSA) is 137 Å². The van der Waals surface area contributed by atoms with Gasteiger partial charge in [0.2, 0.25) is 5.95 Å². The molecule has 0 radical (unpaired) electrons. The first kappa shape index (κ1) is 15.6. The van der Waals surface area contributed by atoms with E-state index in [0.717, 1.165) is 0 Å². The molecular formula is C15H19N5O3. The lowest BCUT2D eigenvalue weighted by molar-refractivity contribution is 0.00446. The zero-order valence-electron chi connectivity index (χ0n) is 12.4. The van der Waals surface area contributed by atoms with Gasteiger partial charge < -0.3 is 26.4 Å². The molecule has 6 N–H and O–H groups in total. The van der Waals surface area contributed by atoms with Crippen LogP contribution in [0.1, 0.15) is 6.42 Å². The minimum absolute atomic E-state index is 0.0962. The second-order valence-electron chi connectivity index (χ2n) is 5.62. The smallest absolute Gasteiger partial charge is 0.221 e. The van der Waals surface area contributed by atoms with E-state index in [1.54, 1.807) is 18.5 Å². The number of anilines is 2. The fraction of sp³-hybridized carbons (Fsp3) is 0.400. The van der Waals surface area contributed by atoms with Gasteiger partial charge in [0, 0.05) is 24.9 Å². The third kappa shape index (κ3) is 3.09. The van der Waals surface area contributed by atoms with Gasteiger partial charge in [0.1, 0.15) is 11.9 Å². The van der Waals surface area contributed by atoms with Gasteiger partial charge in [0.15, 0.2) is 0 Å². The van der Waals surface area contributed by atoms with Crippen molar-refractivity contribution in [2.75, 3.05) is 17.7 Å². The number of nitrogens with one attached hydrogen (secondary N) is 1. The van der Waals surface area contributed by atoms with Crippen LogP contribution in [0.15, 0.2) is 30.6 Å². The molecule has 122 valence electrons. The van der Waals surface area contributed by atoms with E-state index in [9.17, 15) is 15.3 Å². The Kier molecular flexibility index (Phi) is 4.37. The molecule has 0 saturated heterocycles. The molecule has 0 amide bonds. The van der Waals surface area contributed by atoms with E-state index in [1.165, 1.54) is 0 Å². The summed E-state index contributed by atoms with van der Waals surface area (Å²) >= 11 is 0. The van der Waals surface area contributed by atoms with E-state index < -0.39 is 18.2 Å².